The van der Waals surface area contributed by atoms with Crippen LogP contribution in [0.2, 0.25) is 0 Å². The van der Waals surface area contributed by atoms with Crippen LogP contribution in [0.15, 0.2) is 6.33 Å². The average Bonchev–Trinajstić information content (AvgIpc) is 2.88. The van der Waals surface area contributed by atoms with Crippen molar-refractivity contribution in [2.45, 2.75) is 58.2 Å². The molecule has 1 aliphatic heterocycles. The summed E-state index contributed by atoms with van der Waals surface area (Å²) < 4.78 is 6.76. The number of piperidine rings is 1. The minimum atomic E-state index is -0.128. The van der Waals surface area contributed by atoms with Crippen molar-refractivity contribution >= 4 is 5.97 Å². The second-order valence-corrected chi connectivity index (χ2v) is 5.30. The van der Waals surface area contributed by atoms with E-state index in [4.69, 9.17) is 4.74 Å². The highest BCUT2D eigenvalue weighted by Crippen LogP contribution is 2.21. The van der Waals surface area contributed by atoms with Crippen molar-refractivity contribution in [1.29, 1.82) is 0 Å². The maximum atomic E-state index is 11.5. The van der Waals surface area contributed by atoms with E-state index >= 15 is 0 Å². The molecular weight excluding hydrogens is 256 g/mol. The Kier molecular flexibility index (Phi) is 5.52. The summed E-state index contributed by atoms with van der Waals surface area (Å²) in [6.07, 6.45) is 6.54. The van der Waals surface area contributed by atoms with Gasteiger partial charge in [0, 0.05) is 12.6 Å². The van der Waals surface area contributed by atoms with Crippen LogP contribution in [0.3, 0.4) is 0 Å². The van der Waals surface area contributed by atoms with Crippen LogP contribution in [0.5, 0.6) is 0 Å². The normalized spacial score (nSPS) is 20.0. The first-order valence-electron chi connectivity index (χ1n) is 7.42. The van der Waals surface area contributed by atoms with Gasteiger partial charge >= 0.3 is 5.97 Å². The Morgan fingerprint density at radius 3 is 3.10 bits per heavy atom. The Balaban J connectivity index is 2.00. The van der Waals surface area contributed by atoms with E-state index in [1.54, 1.807) is 6.33 Å². The van der Waals surface area contributed by atoms with Gasteiger partial charge in [-0.05, 0) is 25.8 Å². The van der Waals surface area contributed by atoms with E-state index in [2.05, 4.69) is 21.9 Å². The van der Waals surface area contributed by atoms with Crippen LogP contribution in [0, 0.1) is 0 Å². The van der Waals surface area contributed by atoms with Gasteiger partial charge in [0.15, 0.2) is 0 Å². The topological polar surface area (TPSA) is 60.2 Å². The molecule has 1 aliphatic rings. The van der Waals surface area contributed by atoms with Gasteiger partial charge in [-0.25, -0.2) is 9.67 Å². The van der Waals surface area contributed by atoms with Crippen LogP contribution in [0.1, 0.15) is 44.9 Å². The maximum Gasteiger partial charge on any atom is 0.307 e. The third-order valence-electron chi connectivity index (χ3n) is 3.85. The fraction of sp³-hybridized carbons (Fsp3) is 0.786. The van der Waals surface area contributed by atoms with Crippen molar-refractivity contribution in [3.8, 4) is 0 Å². The monoisotopic (exact) mass is 280 g/mol. The second-order valence-electron chi connectivity index (χ2n) is 5.30. The second kappa shape index (κ2) is 7.38. The summed E-state index contributed by atoms with van der Waals surface area (Å²) in [4.78, 5) is 18.2. The lowest BCUT2D eigenvalue weighted by atomic mass is 9.99. The van der Waals surface area contributed by atoms with Crippen molar-refractivity contribution < 1.29 is 9.53 Å². The predicted molar refractivity (Wildman–Crippen MR) is 75.0 cm³/mol. The van der Waals surface area contributed by atoms with Crippen LogP contribution >= 0.6 is 0 Å². The number of likely N-dealkylation sites (tertiary alicyclic amines) is 1. The number of methoxy groups -OCH3 is 1. The van der Waals surface area contributed by atoms with Crippen LogP contribution in [0.4, 0.5) is 0 Å². The van der Waals surface area contributed by atoms with Crippen LogP contribution in [0.25, 0.3) is 0 Å². The van der Waals surface area contributed by atoms with Crippen molar-refractivity contribution in [3.63, 3.8) is 0 Å². The number of aryl methyl sites for hydroxylation is 1. The Labute approximate surface area is 120 Å². The van der Waals surface area contributed by atoms with E-state index in [1.807, 2.05) is 4.68 Å². The summed E-state index contributed by atoms with van der Waals surface area (Å²) in [6, 6.07) is 0.267. The number of ether oxygens (including phenoxy) is 1. The molecule has 1 unspecified atom stereocenters. The molecule has 1 fully saturated rings. The zero-order valence-corrected chi connectivity index (χ0v) is 12.4. The summed E-state index contributed by atoms with van der Waals surface area (Å²) >= 11 is 0. The summed E-state index contributed by atoms with van der Waals surface area (Å²) in [5, 5.41) is 4.26. The van der Waals surface area contributed by atoms with Gasteiger partial charge in [0.2, 0.25) is 0 Å². The Bertz CT molecular complexity index is 433. The lowest BCUT2D eigenvalue weighted by Gasteiger charge is -2.34. The van der Waals surface area contributed by atoms with Gasteiger partial charge in [0.25, 0.3) is 0 Å². The van der Waals surface area contributed by atoms with E-state index < -0.39 is 0 Å². The fourth-order valence-corrected chi connectivity index (χ4v) is 2.77. The first-order valence-corrected chi connectivity index (χ1v) is 7.42. The van der Waals surface area contributed by atoms with Gasteiger partial charge in [0.05, 0.1) is 20.1 Å². The van der Waals surface area contributed by atoms with Gasteiger partial charge in [-0.2, -0.15) is 5.10 Å². The van der Waals surface area contributed by atoms with E-state index in [-0.39, 0.29) is 12.0 Å². The smallest absolute Gasteiger partial charge is 0.307 e. The predicted octanol–water partition coefficient (Wildman–Crippen LogP) is 1.61. The number of esters is 1. The van der Waals surface area contributed by atoms with Crippen molar-refractivity contribution in [1.82, 2.24) is 19.7 Å². The minimum absolute atomic E-state index is 0.128. The number of hydrogen-bond acceptors (Lipinski definition) is 5. The number of nitrogens with zero attached hydrogens (tertiary/aromatic N) is 4. The molecule has 1 atom stereocenters. The standard InChI is InChI=1S/C14H24N4O2/c1-3-7-18-13(15-11-16-18)10-17-8-5-4-6-12(17)9-14(19)20-2/h11-12H,3-10H2,1-2H3. The molecule has 112 valence electrons. The van der Waals surface area contributed by atoms with Gasteiger partial charge in [-0.1, -0.05) is 13.3 Å². The molecule has 0 N–H and O–H groups in total. The maximum absolute atomic E-state index is 11.5. The lowest BCUT2D eigenvalue weighted by Crippen LogP contribution is -2.41. The zero-order valence-electron chi connectivity index (χ0n) is 12.4. The highest BCUT2D eigenvalue weighted by molar-refractivity contribution is 5.69. The van der Waals surface area contributed by atoms with E-state index in [0.717, 1.165) is 38.3 Å². The van der Waals surface area contributed by atoms with Crippen LogP contribution in [-0.4, -0.2) is 45.3 Å². The number of hydrogen-bond donors (Lipinski definition) is 0. The van der Waals surface area contributed by atoms with Gasteiger partial charge in [-0.15, -0.1) is 0 Å². The summed E-state index contributed by atoms with van der Waals surface area (Å²) in [5.41, 5.74) is 0. The van der Waals surface area contributed by atoms with E-state index in [0.29, 0.717) is 6.42 Å². The molecule has 1 saturated heterocycles. The first-order chi connectivity index (χ1) is 9.74. The van der Waals surface area contributed by atoms with Crippen LogP contribution < -0.4 is 0 Å². The molecule has 6 heteroatoms. The first kappa shape index (κ1) is 15.0. The Morgan fingerprint density at radius 2 is 2.35 bits per heavy atom. The molecule has 0 aromatic carbocycles. The quantitative estimate of drug-likeness (QED) is 0.741. The summed E-state index contributed by atoms with van der Waals surface area (Å²) in [6.45, 7) is 4.81. The molecule has 0 saturated carbocycles. The SMILES string of the molecule is CCCn1ncnc1CN1CCCCC1CC(=O)OC. The third kappa shape index (κ3) is 3.79. The zero-order chi connectivity index (χ0) is 14.4. The highest BCUT2D eigenvalue weighted by Gasteiger charge is 2.26. The number of carbonyl (C=O) groups is 1. The highest BCUT2D eigenvalue weighted by atomic mass is 16.5. The molecule has 1 aromatic heterocycles. The number of aromatic nitrogens is 3. The fourth-order valence-electron chi connectivity index (χ4n) is 2.77. The molecule has 0 spiro atoms. The summed E-state index contributed by atoms with van der Waals surface area (Å²) in [7, 11) is 1.45. The van der Waals surface area contributed by atoms with Gasteiger partial charge < -0.3 is 4.74 Å². The molecule has 2 heterocycles. The van der Waals surface area contributed by atoms with E-state index in [1.165, 1.54) is 20.0 Å². The lowest BCUT2D eigenvalue weighted by molar-refractivity contribution is -0.142. The Morgan fingerprint density at radius 1 is 1.50 bits per heavy atom. The molecule has 2 rings (SSSR count). The molecule has 1 aromatic rings. The molecule has 0 amide bonds. The molecule has 20 heavy (non-hydrogen) atoms. The molecular formula is C14H24N4O2. The molecule has 6 nitrogen and oxygen atoms in total. The van der Waals surface area contributed by atoms with Crippen molar-refractivity contribution in [2.75, 3.05) is 13.7 Å². The van der Waals surface area contributed by atoms with E-state index in [9.17, 15) is 4.79 Å². The van der Waals surface area contributed by atoms with Crippen LogP contribution in [-0.2, 0) is 22.6 Å². The van der Waals surface area contributed by atoms with Crippen molar-refractivity contribution in [3.05, 3.63) is 12.2 Å². The number of carbonyl (C=O) groups excluding carboxylic acids is 1. The Hall–Kier alpha value is -1.43. The number of rotatable bonds is 6. The van der Waals surface area contributed by atoms with Gasteiger partial charge in [0.1, 0.15) is 12.2 Å². The average molecular weight is 280 g/mol. The molecule has 0 radical (unpaired) electrons. The minimum Gasteiger partial charge on any atom is -0.469 e. The van der Waals surface area contributed by atoms with Gasteiger partial charge in [-0.3, -0.25) is 9.69 Å². The van der Waals surface area contributed by atoms with Crippen molar-refractivity contribution in [2.24, 2.45) is 0 Å². The molecule has 0 aliphatic carbocycles. The third-order valence-corrected chi connectivity index (χ3v) is 3.85. The molecule has 0 bridgehead atoms. The summed E-state index contributed by atoms with van der Waals surface area (Å²) in [5.74, 6) is 0.862. The largest absolute Gasteiger partial charge is 0.469 e.